The Morgan fingerprint density at radius 1 is 1.20 bits per heavy atom. The molecule has 0 saturated carbocycles. The summed E-state index contributed by atoms with van der Waals surface area (Å²) in [5.41, 5.74) is 1.14. The molecule has 1 aromatic rings. The number of hydrogen-bond acceptors (Lipinski definition) is 1. The van der Waals surface area contributed by atoms with E-state index in [1.807, 2.05) is 12.1 Å². The number of halogens is 1. The van der Waals surface area contributed by atoms with Gasteiger partial charge in [0, 0.05) is 12.1 Å². The molecule has 0 spiro atoms. The highest BCUT2D eigenvalue weighted by atomic mass is 19.1. The molecule has 0 fully saturated rings. The quantitative estimate of drug-likeness (QED) is 0.780. The zero-order chi connectivity index (χ0) is 11.3. The third-order valence-corrected chi connectivity index (χ3v) is 2.63. The summed E-state index contributed by atoms with van der Waals surface area (Å²) in [5.74, 6) is -0.174. The monoisotopic (exact) mass is 209 g/mol. The fourth-order valence-electron chi connectivity index (χ4n) is 1.79. The van der Waals surface area contributed by atoms with E-state index in [1.54, 1.807) is 0 Å². The van der Waals surface area contributed by atoms with Crippen molar-refractivity contribution in [1.29, 1.82) is 0 Å². The lowest BCUT2D eigenvalue weighted by molar-refractivity contribution is 0.452. The van der Waals surface area contributed by atoms with Crippen LogP contribution < -0.4 is 5.32 Å². The molecular weight excluding hydrogens is 189 g/mol. The van der Waals surface area contributed by atoms with Gasteiger partial charge in [-0.3, -0.25) is 0 Å². The zero-order valence-corrected chi connectivity index (χ0v) is 9.76. The normalized spacial score (nSPS) is 14.9. The van der Waals surface area contributed by atoms with Gasteiger partial charge in [-0.05, 0) is 38.0 Å². The van der Waals surface area contributed by atoms with E-state index >= 15 is 0 Å². The fourth-order valence-corrected chi connectivity index (χ4v) is 1.79. The summed E-state index contributed by atoms with van der Waals surface area (Å²) < 4.78 is 12.7. The average molecular weight is 209 g/mol. The van der Waals surface area contributed by atoms with Gasteiger partial charge in [0.2, 0.25) is 0 Å². The molecule has 0 aliphatic rings. The lowest BCUT2D eigenvalue weighted by Gasteiger charge is -2.19. The maximum atomic E-state index is 12.7. The molecule has 0 radical (unpaired) electrons. The molecule has 84 valence electrons. The average Bonchev–Trinajstić information content (AvgIpc) is 2.18. The van der Waals surface area contributed by atoms with E-state index in [-0.39, 0.29) is 11.9 Å². The molecule has 0 aliphatic heterocycles. The standard InChI is InChI=1S/C13H20FN/c1-4-5-10(2)15-11(3)12-6-8-13(14)9-7-12/h6-11,15H,4-5H2,1-3H3/t10?,11-/m0/s1. The first-order valence-electron chi connectivity index (χ1n) is 5.65. The summed E-state index contributed by atoms with van der Waals surface area (Å²) in [7, 11) is 0. The van der Waals surface area contributed by atoms with Gasteiger partial charge in [-0.15, -0.1) is 0 Å². The van der Waals surface area contributed by atoms with Crippen LogP contribution in [0.5, 0.6) is 0 Å². The van der Waals surface area contributed by atoms with Crippen molar-refractivity contribution in [1.82, 2.24) is 5.32 Å². The molecule has 1 N–H and O–H groups in total. The van der Waals surface area contributed by atoms with Gasteiger partial charge >= 0.3 is 0 Å². The van der Waals surface area contributed by atoms with Gasteiger partial charge in [-0.25, -0.2) is 4.39 Å². The SMILES string of the molecule is CCCC(C)N[C@@H](C)c1ccc(F)cc1. The Kier molecular flexibility index (Phi) is 4.76. The highest BCUT2D eigenvalue weighted by Gasteiger charge is 2.08. The fraction of sp³-hybridized carbons (Fsp3) is 0.538. The molecular formula is C13H20FN. The van der Waals surface area contributed by atoms with E-state index < -0.39 is 0 Å². The molecule has 1 unspecified atom stereocenters. The lowest BCUT2D eigenvalue weighted by atomic mass is 10.1. The minimum atomic E-state index is -0.174. The van der Waals surface area contributed by atoms with Crippen LogP contribution in [0.15, 0.2) is 24.3 Å². The van der Waals surface area contributed by atoms with E-state index in [2.05, 4.69) is 26.1 Å². The number of hydrogen-bond donors (Lipinski definition) is 1. The van der Waals surface area contributed by atoms with E-state index in [9.17, 15) is 4.39 Å². The molecule has 15 heavy (non-hydrogen) atoms. The maximum absolute atomic E-state index is 12.7. The second kappa shape index (κ2) is 5.86. The summed E-state index contributed by atoms with van der Waals surface area (Å²) in [6.07, 6.45) is 2.36. The molecule has 0 bridgehead atoms. The summed E-state index contributed by atoms with van der Waals surface area (Å²) in [4.78, 5) is 0. The van der Waals surface area contributed by atoms with Gasteiger partial charge in [0.15, 0.2) is 0 Å². The molecule has 0 amide bonds. The molecule has 0 saturated heterocycles. The Labute approximate surface area is 91.7 Å². The van der Waals surface area contributed by atoms with E-state index in [4.69, 9.17) is 0 Å². The third kappa shape index (κ3) is 4.00. The Hall–Kier alpha value is -0.890. The molecule has 0 heterocycles. The first kappa shape index (κ1) is 12.2. The summed E-state index contributed by atoms with van der Waals surface area (Å²) in [6.45, 7) is 6.48. The second-order valence-corrected chi connectivity index (χ2v) is 4.13. The highest BCUT2D eigenvalue weighted by molar-refractivity contribution is 5.19. The predicted molar refractivity (Wildman–Crippen MR) is 62.3 cm³/mol. The number of rotatable bonds is 5. The Morgan fingerprint density at radius 3 is 2.33 bits per heavy atom. The number of benzene rings is 1. The molecule has 2 heteroatoms. The van der Waals surface area contributed by atoms with Crippen LogP contribution >= 0.6 is 0 Å². The second-order valence-electron chi connectivity index (χ2n) is 4.13. The third-order valence-electron chi connectivity index (χ3n) is 2.63. The Bertz CT molecular complexity index is 281. The van der Waals surface area contributed by atoms with Crippen molar-refractivity contribution < 1.29 is 4.39 Å². The van der Waals surface area contributed by atoms with Crippen molar-refractivity contribution >= 4 is 0 Å². The van der Waals surface area contributed by atoms with Crippen LogP contribution in [0.1, 0.15) is 45.2 Å². The largest absolute Gasteiger partial charge is 0.308 e. The molecule has 1 rings (SSSR count). The van der Waals surface area contributed by atoms with Crippen LogP contribution in [-0.2, 0) is 0 Å². The minimum absolute atomic E-state index is 0.174. The molecule has 1 nitrogen and oxygen atoms in total. The van der Waals surface area contributed by atoms with Crippen molar-refractivity contribution in [2.75, 3.05) is 0 Å². The lowest BCUT2D eigenvalue weighted by Crippen LogP contribution is -2.28. The molecule has 0 aromatic heterocycles. The minimum Gasteiger partial charge on any atom is -0.308 e. The molecule has 2 atom stereocenters. The van der Waals surface area contributed by atoms with Gasteiger partial charge in [0.1, 0.15) is 5.82 Å². The van der Waals surface area contributed by atoms with E-state index in [1.165, 1.54) is 25.0 Å². The Morgan fingerprint density at radius 2 is 1.80 bits per heavy atom. The van der Waals surface area contributed by atoms with Crippen LogP contribution in [0.25, 0.3) is 0 Å². The zero-order valence-electron chi connectivity index (χ0n) is 9.76. The van der Waals surface area contributed by atoms with Crippen LogP contribution in [-0.4, -0.2) is 6.04 Å². The highest BCUT2D eigenvalue weighted by Crippen LogP contribution is 2.14. The van der Waals surface area contributed by atoms with Crippen LogP contribution in [0.4, 0.5) is 4.39 Å². The van der Waals surface area contributed by atoms with Gasteiger partial charge in [-0.1, -0.05) is 25.5 Å². The predicted octanol–water partition coefficient (Wildman–Crippen LogP) is 3.66. The molecule has 0 aliphatic carbocycles. The maximum Gasteiger partial charge on any atom is 0.123 e. The topological polar surface area (TPSA) is 12.0 Å². The van der Waals surface area contributed by atoms with Gasteiger partial charge < -0.3 is 5.32 Å². The Balaban J connectivity index is 2.53. The van der Waals surface area contributed by atoms with E-state index in [0.29, 0.717) is 6.04 Å². The van der Waals surface area contributed by atoms with Crippen molar-refractivity contribution in [3.8, 4) is 0 Å². The smallest absolute Gasteiger partial charge is 0.123 e. The van der Waals surface area contributed by atoms with Gasteiger partial charge in [0.25, 0.3) is 0 Å². The summed E-state index contributed by atoms with van der Waals surface area (Å²) in [5, 5.41) is 3.49. The number of nitrogens with one attached hydrogen (secondary N) is 1. The van der Waals surface area contributed by atoms with Crippen molar-refractivity contribution in [3.05, 3.63) is 35.6 Å². The van der Waals surface area contributed by atoms with Gasteiger partial charge in [-0.2, -0.15) is 0 Å². The summed E-state index contributed by atoms with van der Waals surface area (Å²) >= 11 is 0. The van der Waals surface area contributed by atoms with E-state index in [0.717, 1.165) is 5.56 Å². The summed E-state index contributed by atoms with van der Waals surface area (Å²) in [6, 6.07) is 7.50. The first-order chi connectivity index (χ1) is 7.13. The van der Waals surface area contributed by atoms with Crippen molar-refractivity contribution in [3.63, 3.8) is 0 Å². The van der Waals surface area contributed by atoms with Crippen LogP contribution in [0, 0.1) is 5.82 Å². The van der Waals surface area contributed by atoms with Crippen molar-refractivity contribution in [2.24, 2.45) is 0 Å². The van der Waals surface area contributed by atoms with Crippen LogP contribution in [0.3, 0.4) is 0 Å². The first-order valence-corrected chi connectivity index (χ1v) is 5.65. The van der Waals surface area contributed by atoms with Crippen LogP contribution in [0.2, 0.25) is 0 Å². The van der Waals surface area contributed by atoms with Crippen molar-refractivity contribution in [2.45, 2.75) is 45.7 Å². The van der Waals surface area contributed by atoms with Gasteiger partial charge in [0.05, 0.1) is 0 Å². The molecule has 1 aromatic carbocycles.